The molecule has 0 saturated carbocycles. The van der Waals surface area contributed by atoms with Crippen LogP contribution < -0.4 is 10.5 Å². The van der Waals surface area contributed by atoms with Crippen molar-refractivity contribution in [3.8, 4) is 0 Å². The number of benzene rings is 1. The number of nitrogens with zero attached hydrogens (tertiary/aromatic N) is 1. The van der Waals surface area contributed by atoms with Crippen LogP contribution in [0.25, 0.3) is 0 Å². The van der Waals surface area contributed by atoms with Crippen LogP contribution in [-0.4, -0.2) is 13.4 Å². The first kappa shape index (κ1) is 14.0. The predicted molar refractivity (Wildman–Crippen MR) is 77.1 cm³/mol. The standard InChI is InChI=1S/C12H12BrN3O2S/c13-10-2-4-11(5-3-10)16-19(17,18)12-6-1-9(7-14)8-15-12/h1-6,8,16H,7,14H2. The van der Waals surface area contributed by atoms with Gasteiger partial charge in [-0.15, -0.1) is 0 Å². The third-order valence-corrected chi connectivity index (χ3v) is 4.23. The normalized spacial score (nSPS) is 11.3. The Bertz CT molecular complexity index is 654. The molecule has 0 amide bonds. The van der Waals surface area contributed by atoms with Gasteiger partial charge in [-0.25, -0.2) is 4.98 Å². The molecule has 0 aliphatic rings. The smallest absolute Gasteiger partial charge is 0.279 e. The van der Waals surface area contributed by atoms with E-state index in [-0.39, 0.29) is 5.03 Å². The summed E-state index contributed by atoms with van der Waals surface area (Å²) in [4.78, 5) is 3.90. The van der Waals surface area contributed by atoms with Crippen molar-refractivity contribution in [1.29, 1.82) is 0 Å². The van der Waals surface area contributed by atoms with Crippen LogP contribution in [0.5, 0.6) is 0 Å². The Kier molecular flexibility index (Phi) is 4.18. The molecule has 100 valence electrons. The van der Waals surface area contributed by atoms with E-state index in [0.29, 0.717) is 12.2 Å². The molecule has 19 heavy (non-hydrogen) atoms. The van der Waals surface area contributed by atoms with Gasteiger partial charge in [0.15, 0.2) is 5.03 Å². The molecule has 0 unspecified atom stereocenters. The highest BCUT2D eigenvalue weighted by Gasteiger charge is 2.15. The summed E-state index contributed by atoms with van der Waals surface area (Å²) in [6.07, 6.45) is 1.45. The van der Waals surface area contributed by atoms with Crippen molar-refractivity contribution in [3.05, 3.63) is 52.6 Å². The Hall–Kier alpha value is -1.44. The maximum Gasteiger partial charge on any atom is 0.279 e. The highest BCUT2D eigenvalue weighted by molar-refractivity contribution is 9.10. The van der Waals surface area contributed by atoms with Gasteiger partial charge in [-0.1, -0.05) is 22.0 Å². The quantitative estimate of drug-likeness (QED) is 0.891. The van der Waals surface area contributed by atoms with Gasteiger partial charge in [0.05, 0.1) is 0 Å². The molecule has 0 atom stereocenters. The SMILES string of the molecule is NCc1ccc(S(=O)(=O)Nc2ccc(Br)cc2)nc1. The zero-order valence-corrected chi connectivity index (χ0v) is 12.3. The minimum Gasteiger partial charge on any atom is -0.326 e. The van der Waals surface area contributed by atoms with E-state index in [9.17, 15) is 8.42 Å². The van der Waals surface area contributed by atoms with E-state index in [0.717, 1.165) is 10.0 Å². The molecule has 0 radical (unpaired) electrons. The number of aromatic nitrogens is 1. The summed E-state index contributed by atoms with van der Waals surface area (Å²) in [5, 5.41) is -0.0346. The van der Waals surface area contributed by atoms with Crippen LogP contribution in [0.4, 0.5) is 5.69 Å². The molecule has 0 bridgehead atoms. The number of nitrogens with one attached hydrogen (secondary N) is 1. The lowest BCUT2D eigenvalue weighted by atomic mass is 10.3. The number of rotatable bonds is 4. The molecule has 0 spiro atoms. The fourth-order valence-electron chi connectivity index (χ4n) is 1.42. The van der Waals surface area contributed by atoms with Gasteiger partial charge in [0.25, 0.3) is 10.0 Å². The van der Waals surface area contributed by atoms with Crippen LogP contribution in [0, 0.1) is 0 Å². The predicted octanol–water partition coefficient (Wildman–Crippen LogP) is 2.10. The number of anilines is 1. The molecular weight excluding hydrogens is 330 g/mol. The first-order chi connectivity index (χ1) is 9.01. The highest BCUT2D eigenvalue weighted by atomic mass is 79.9. The zero-order valence-electron chi connectivity index (χ0n) is 9.88. The maximum absolute atomic E-state index is 12.1. The molecule has 2 aromatic rings. The Morgan fingerprint density at radius 3 is 2.37 bits per heavy atom. The molecule has 0 aliphatic heterocycles. The number of nitrogens with two attached hydrogens (primary N) is 1. The van der Waals surface area contributed by atoms with Crippen LogP contribution in [0.15, 0.2) is 52.1 Å². The Morgan fingerprint density at radius 2 is 1.84 bits per heavy atom. The van der Waals surface area contributed by atoms with E-state index in [4.69, 9.17) is 5.73 Å². The van der Waals surface area contributed by atoms with Crippen molar-refractivity contribution in [2.45, 2.75) is 11.6 Å². The lowest BCUT2D eigenvalue weighted by molar-refractivity contribution is 0.597. The molecule has 0 aliphatic carbocycles. The fourth-order valence-corrected chi connectivity index (χ4v) is 2.67. The second kappa shape index (κ2) is 5.68. The minimum absolute atomic E-state index is 0.0346. The molecular formula is C12H12BrN3O2S. The molecule has 7 heteroatoms. The molecule has 3 N–H and O–H groups in total. The summed E-state index contributed by atoms with van der Waals surface area (Å²) in [6.45, 7) is 0.327. The van der Waals surface area contributed by atoms with Crippen molar-refractivity contribution >= 4 is 31.6 Å². The number of halogens is 1. The largest absolute Gasteiger partial charge is 0.326 e. The molecule has 0 fully saturated rings. The first-order valence-corrected chi connectivity index (χ1v) is 7.72. The van der Waals surface area contributed by atoms with E-state index in [2.05, 4.69) is 25.6 Å². The second-order valence-corrected chi connectivity index (χ2v) is 6.37. The minimum atomic E-state index is -3.67. The molecule has 1 aromatic heterocycles. The summed E-state index contributed by atoms with van der Waals surface area (Å²) < 4.78 is 27.5. The van der Waals surface area contributed by atoms with Gasteiger partial charge in [-0.3, -0.25) is 4.72 Å². The summed E-state index contributed by atoms with van der Waals surface area (Å²) in [5.74, 6) is 0. The maximum atomic E-state index is 12.1. The lowest BCUT2D eigenvalue weighted by Crippen LogP contribution is -2.14. The average Bonchev–Trinajstić information content (AvgIpc) is 2.41. The third kappa shape index (κ3) is 3.52. The number of hydrogen-bond donors (Lipinski definition) is 2. The second-order valence-electron chi connectivity index (χ2n) is 3.82. The van der Waals surface area contributed by atoms with Crippen LogP contribution >= 0.6 is 15.9 Å². The topological polar surface area (TPSA) is 85.1 Å². The molecule has 1 heterocycles. The van der Waals surface area contributed by atoms with Gasteiger partial charge < -0.3 is 5.73 Å². The van der Waals surface area contributed by atoms with Gasteiger partial charge in [0.2, 0.25) is 0 Å². The summed E-state index contributed by atoms with van der Waals surface area (Å²) in [5.41, 5.74) is 6.70. The molecule has 0 saturated heterocycles. The van der Waals surface area contributed by atoms with Crippen LogP contribution in [0.2, 0.25) is 0 Å². The van der Waals surface area contributed by atoms with E-state index in [1.807, 2.05) is 0 Å². The van der Waals surface area contributed by atoms with Crippen molar-refractivity contribution < 1.29 is 8.42 Å². The van der Waals surface area contributed by atoms with Crippen molar-refractivity contribution in [2.75, 3.05) is 4.72 Å². The Balaban J connectivity index is 2.24. The van der Waals surface area contributed by atoms with E-state index in [1.165, 1.54) is 12.3 Å². The van der Waals surface area contributed by atoms with Gasteiger partial charge in [0.1, 0.15) is 0 Å². The zero-order chi connectivity index (χ0) is 13.9. The van der Waals surface area contributed by atoms with Gasteiger partial charge in [0, 0.05) is 22.9 Å². The van der Waals surface area contributed by atoms with Crippen molar-refractivity contribution in [3.63, 3.8) is 0 Å². The van der Waals surface area contributed by atoms with E-state index < -0.39 is 10.0 Å². The Labute approximate surface area is 120 Å². The summed E-state index contributed by atoms with van der Waals surface area (Å²) >= 11 is 3.28. The van der Waals surface area contributed by atoms with Crippen LogP contribution in [-0.2, 0) is 16.6 Å². The third-order valence-electron chi connectivity index (χ3n) is 2.41. The Morgan fingerprint density at radius 1 is 1.16 bits per heavy atom. The van der Waals surface area contributed by atoms with Gasteiger partial charge in [-0.05, 0) is 35.9 Å². The van der Waals surface area contributed by atoms with Crippen LogP contribution in [0.3, 0.4) is 0 Å². The highest BCUT2D eigenvalue weighted by Crippen LogP contribution is 2.17. The molecule has 5 nitrogen and oxygen atoms in total. The first-order valence-electron chi connectivity index (χ1n) is 5.44. The fraction of sp³-hybridized carbons (Fsp3) is 0.0833. The van der Waals surface area contributed by atoms with Gasteiger partial charge >= 0.3 is 0 Å². The van der Waals surface area contributed by atoms with Crippen LogP contribution in [0.1, 0.15) is 5.56 Å². The monoisotopic (exact) mass is 341 g/mol. The molecule has 2 rings (SSSR count). The van der Waals surface area contributed by atoms with Gasteiger partial charge in [-0.2, -0.15) is 8.42 Å². The van der Waals surface area contributed by atoms with Crippen molar-refractivity contribution in [1.82, 2.24) is 4.98 Å². The lowest BCUT2D eigenvalue weighted by Gasteiger charge is -2.07. The van der Waals surface area contributed by atoms with E-state index in [1.54, 1.807) is 30.3 Å². The number of sulfonamides is 1. The average molecular weight is 342 g/mol. The van der Waals surface area contributed by atoms with E-state index >= 15 is 0 Å². The summed E-state index contributed by atoms with van der Waals surface area (Å²) in [6, 6.07) is 9.91. The summed E-state index contributed by atoms with van der Waals surface area (Å²) in [7, 11) is -3.67. The number of hydrogen-bond acceptors (Lipinski definition) is 4. The van der Waals surface area contributed by atoms with Crippen molar-refractivity contribution in [2.24, 2.45) is 5.73 Å². The number of pyridine rings is 1. The molecule has 1 aromatic carbocycles.